The van der Waals surface area contributed by atoms with E-state index in [2.05, 4.69) is 23.3 Å². The lowest BCUT2D eigenvalue weighted by Gasteiger charge is -2.24. The monoisotopic (exact) mass is 163 g/mol. The number of fused-ring (bicyclic) bond motifs is 1. The zero-order valence-corrected chi connectivity index (χ0v) is 7.12. The van der Waals surface area contributed by atoms with Gasteiger partial charge < -0.3 is 11.1 Å². The summed E-state index contributed by atoms with van der Waals surface area (Å²) < 4.78 is 0. The van der Waals surface area contributed by atoms with Gasteiger partial charge in [-0.25, -0.2) is 0 Å². The van der Waals surface area contributed by atoms with Crippen LogP contribution in [0.5, 0.6) is 0 Å². The number of nitrogens with one attached hydrogen (secondary N) is 1. The van der Waals surface area contributed by atoms with Gasteiger partial charge in [-0.05, 0) is 18.1 Å². The fourth-order valence-corrected chi connectivity index (χ4v) is 1.44. The number of nitrogens with two attached hydrogens (primary N) is 1. The summed E-state index contributed by atoms with van der Waals surface area (Å²) in [5.74, 6) is 0.523. The van der Waals surface area contributed by atoms with E-state index in [-0.39, 0.29) is 6.17 Å². The van der Waals surface area contributed by atoms with Crippen LogP contribution in [-0.4, -0.2) is 18.4 Å². The second-order valence-electron chi connectivity index (χ2n) is 3.31. The zero-order valence-electron chi connectivity index (χ0n) is 7.12. The molecule has 0 spiro atoms. The van der Waals surface area contributed by atoms with Crippen molar-refractivity contribution < 1.29 is 0 Å². The molecular weight excluding hydrogens is 150 g/mol. The number of allylic oxidation sites excluding steroid dienone is 1. The normalized spacial score (nSPS) is 33.2. The Hall–Kier alpha value is -1.09. The van der Waals surface area contributed by atoms with E-state index in [9.17, 15) is 0 Å². The standard InChI is InChI=1S/C9H13N3/c1-6-4-8-7(11-5-6)2-3-9(10)12-8/h2-4,6,9,12H,5,10H2,1H3. The van der Waals surface area contributed by atoms with Crippen molar-refractivity contribution in [1.82, 2.24) is 5.32 Å². The van der Waals surface area contributed by atoms with Crippen LogP contribution in [0.2, 0.25) is 0 Å². The zero-order chi connectivity index (χ0) is 8.55. The first-order valence-corrected chi connectivity index (χ1v) is 4.22. The molecule has 3 heteroatoms. The number of rotatable bonds is 0. The number of hydrogen-bond acceptors (Lipinski definition) is 3. The van der Waals surface area contributed by atoms with Gasteiger partial charge in [0.05, 0.1) is 17.6 Å². The molecule has 0 aromatic rings. The third kappa shape index (κ3) is 1.28. The summed E-state index contributed by atoms with van der Waals surface area (Å²) in [6, 6.07) is 0. The molecule has 2 aliphatic rings. The summed E-state index contributed by atoms with van der Waals surface area (Å²) in [5.41, 5.74) is 7.82. The Bertz CT molecular complexity index is 275. The summed E-state index contributed by atoms with van der Waals surface area (Å²) in [4.78, 5) is 4.41. The van der Waals surface area contributed by atoms with E-state index in [0.717, 1.165) is 18.0 Å². The molecule has 0 radical (unpaired) electrons. The minimum absolute atomic E-state index is 0.0551. The molecule has 2 unspecified atom stereocenters. The molecule has 0 saturated heterocycles. The predicted octanol–water partition coefficient (Wildman–Crippen LogP) is 0.405. The lowest BCUT2D eigenvalue weighted by atomic mass is 10.0. The molecule has 0 aromatic heterocycles. The maximum atomic E-state index is 5.69. The summed E-state index contributed by atoms with van der Waals surface area (Å²) in [6.07, 6.45) is 6.04. The van der Waals surface area contributed by atoms with Crippen molar-refractivity contribution in [3.63, 3.8) is 0 Å². The highest BCUT2D eigenvalue weighted by Gasteiger charge is 2.16. The number of hydrogen-bond donors (Lipinski definition) is 2. The van der Waals surface area contributed by atoms with E-state index in [0.29, 0.717) is 5.92 Å². The highest BCUT2D eigenvalue weighted by atomic mass is 15.1. The van der Waals surface area contributed by atoms with Crippen LogP contribution in [0.3, 0.4) is 0 Å². The van der Waals surface area contributed by atoms with Crippen molar-refractivity contribution in [2.75, 3.05) is 6.54 Å². The van der Waals surface area contributed by atoms with Crippen LogP contribution in [0.4, 0.5) is 0 Å². The molecule has 12 heavy (non-hydrogen) atoms. The Morgan fingerprint density at radius 2 is 2.50 bits per heavy atom. The van der Waals surface area contributed by atoms with E-state index < -0.39 is 0 Å². The van der Waals surface area contributed by atoms with Gasteiger partial charge in [-0.3, -0.25) is 4.99 Å². The Balaban J connectivity index is 2.29. The van der Waals surface area contributed by atoms with Gasteiger partial charge in [0.15, 0.2) is 0 Å². The average molecular weight is 163 g/mol. The average Bonchev–Trinajstić information content (AvgIpc) is 2.03. The lowest BCUT2D eigenvalue weighted by Crippen LogP contribution is -2.41. The van der Waals surface area contributed by atoms with Crippen molar-refractivity contribution in [1.29, 1.82) is 0 Å². The molecule has 0 aliphatic carbocycles. The van der Waals surface area contributed by atoms with Crippen molar-refractivity contribution in [2.45, 2.75) is 13.1 Å². The molecule has 3 nitrogen and oxygen atoms in total. The van der Waals surface area contributed by atoms with Crippen LogP contribution >= 0.6 is 0 Å². The molecular formula is C9H13N3. The fourth-order valence-electron chi connectivity index (χ4n) is 1.44. The van der Waals surface area contributed by atoms with Crippen LogP contribution < -0.4 is 11.1 Å². The van der Waals surface area contributed by atoms with Gasteiger partial charge in [0.25, 0.3) is 0 Å². The molecule has 2 rings (SSSR count). The van der Waals surface area contributed by atoms with Gasteiger partial charge in [0.1, 0.15) is 0 Å². The Kier molecular flexibility index (Phi) is 1.73. The van der Waals surface area contributed by atoms with Crippen LogP contribution in [-0.2, 0) is 0 Å². The first-order valence-electron chi connectivity index (χ1n) is 4.22. The predicted molar refractivity (Wildman–Crippen MR) is 49.8 cm³/mol. The quantitative estimate of drug-likeness (QED) is 0.543. The van der Waals surface area contributed by atoms with Crippen LogP contribution in [0, 0.1) is 5.92 Å². The van der Waals surface area contributed by atoms with Gasteiger partial charge >= 0.3 is 0 Å². The first kappa shape index (κ1) is 7.55. The largest absolute Gasteiger partial charge is 0.365 e. The molecule has 0 bridgehead atoms. The van der Waals surface area contributed by atoms with Crippen molar-refractivity contribution in [2.24, 2.45) is 16.6 Å². The number of nitrogens with zero attached hydrogens (tertiary/aromatic N) is 1. The van der Waals surface area contributed by atoms with Crippen molar-refractivity contribution in [3.05, 3.63) is 23.9 Å². The fraction of sp³-hybridized carbons (Fsp3) is 0.444. The second kappa shape index (κ2) is 2.75. The summed E-state index contributed by atoms with van der Waals surface area (Å²) >= 11 is 0. The van der Waals surface area contributed by atoms with Gasteiger partial charge in [0, 0.05) is 6.54 Å². The maximum Gasteiger partial charge on any atom is 0.0939 e. The van der Waals surface area contributed by atoms with Crippen molar-refractivity contribution in [3.8, 4) is 0 Å². The smallest absolute Gasteiger partial charge is 0.0939 e. The van der Waals surface area contributed by atoms with Crippen LogP contribution in [0.25, 0.3) is 0 Å². The molecule has 0 aromatic carbocycles. The Morgan fingerprint density at radius 3 is 3.33 bits per heavy atom. The summed E-state index contributed by atoms with van der Waals surface area (Å²) in [6.45, 7) is 3.04. The summed E-state index contributed by atoms with van der Waals surface area (Å²) in [7, 11) is 0. The molecule has 0 saturated carbocycles. The van der Waals surface area contributed by atoms with E-state index in [4.69, 9.17) is 5.73 Å². The van der Waals surface area contributed by atoms with E-state index in [1.165, 1.54) is 0 Å². The maximum absolute atomic E-state index is 5.69. The Morgan fingerprint density at radius 1 is 1.67 bits per heavy atom. The van der Waals surface area contributed by atoms with Crippen LogP contribution in [0.15, 0.2) is 28.9 Å². The Labute approximate surface area is 72.1 Å². The minimum Gasteiger partial charge on any atom is -0.365 e. The molecule has 2 atom stereocenters. The minimum atomic E-state index is -0.0551. The molecule has 0 amide bonds. The third-order valence-corrected chi connectivity index (χ3v) is 2.06. The van der Waals surface area contributed by atoms with Gasteiger partial charge in [-0.15, -0.1) is 0 Å². The van der Waals surface area contributed by atoms with Gasteiger partial charge in [-0.1, -0.05) is 13.0 Å². The molecule has 3 N–H and O–H groups in total. The van der Waals surface area contributed by atoms with Crippen molar-refractivity contribution >= 4 is 5.71 Å². The molecule has 64 valence electrons. The molecule has 2 heterocycles. The lowest BCUT2D eigenvalue weighted by molar-refractivity contribution is 0.665. The topological polar surface area (TPSA) is 50.4 Å². The van der Waals surface area contributed by atoms with E-state index in [1.54, 1.807) is 0 Å². The van der Waals surface area contributed by atoms with E-state index >= 15 is 0 Å². The second-order valence-corrected chi connectivity index (χ2v) is 3.31. The highest BCUT2D eigenvalue weighted by molar-refractivity contribution is 6.09. The summed E-state index contributed by atoms with van der Waals surface area (Å²) in [5, 5.41) is 3.17. The van der Waals surface area contributed by atoms with Gasteiger partial charge in [-0.2, -0.15) is 0 Å². The first-order chi connectivity index (χ1) is 5.75. The molecule has 0 fully saturated rings. The third-order valence-electron chi connectivity index (χ3n) is 2.06. The highest BCUT2D eigenvalue weighted by Crippen LogP contribution is 2.14. The molecule has 2 aliphatic heterocycles. The number of dihydropyridines is 1. The number of aliphatic imine (C=N–C) groups is 1. The van der Waals surface area contributed by atoms with E-state index in [1.807, 2.05) is 12.2 Å². The van der Waals surface area contributed by atoms with Gasteiger partial charge in [0.2, 0.25) is 0 Å². The SMILES string of the molecule is CC1C=C2NC(N)C=CC2=NC1. The van der Waals surface area contributed by atoms with Crippen LogP contribution in [0.1, 0.15) is 6.92 Å².